The van der Waals surface area contributed by atoms with Crippen molar-refractivity contribution >= 4 is 5.90 Å². The van der Waals surface area contributed by atoms with E-state index in [4.69, 9.17) is 14.2 Å². The number of benzene rings is 3. The first-order valence-corrected chi connectivity index (χ1v) is 10.2. The molecule has 0 saturated carbocycles. The first kappa shape index (κ1) is 20.9. The van der Waals surface area contributed by atoms with E-state index in [0.29, 0.717) is 12.5 Å². The van der Waals surface area contributed by atoms with Crippen LogP contribution >= 0.6 is 0 Å². The highest BCUT2D eigenvalue weighted by Crippen LogP contribution is 2.38. The molecule has 1 heterocycles. The molecule has 0 aliphatic carbocycles. The third-order valence-electron chi connectivity index (χ3n) is 5.53. The second-order valence-electron chi connectivity index (χ2n) is 8.26. The number of hydrogen-bond acceptors (Lipinski definition) is 5. The van der Waals surface area contributed by atoms with Crippen LogP contribution in [0.25, 0.3) is 0 Å². The third kappa shape index (κ3) is 4.01. The van der Waals surface area contributed by atoms with E-state index in [1.54, 1.807) is 14.2 Å². The van der Waals surface area contributed by atoms with Gasteiger partial charge in [0.1, 0.15) is 23.7 Å². The molecular weight excluding hydrogens is 390 g/mol. The van der Waals surface area contributed by atoms with Gasteiger partial charge in [0, 0.05) is 5.56 Å². The second kappa shape index (κ2) is 8.08. The van der Waals surface area contributed by atoms with E-state index in [1.165, 1.54) is 0 Å². The van der Waals surface area contributed by atoms with Gasteiger partial charge in [0.2, 0.25) is 5.90 Å². The minimum atomic E-state index is -1.35. The van der Waals surface area contributed by atoms with Crippen molar-refractivity contribution in [2.24, 2.45) is 4.99 Å². The molecule has 0 amide bonds. The number of aliphatic hydroxyl groups is 1. The average molecular weight is 418 g/mol. The summed E-state index contributed by atoms with van der Waals surface area (Å²) in [7, 11) is 3.25. The molecule has 31 heavy (non-hydrogen) atoms. The Morgan fingerprint density at radius 3 is 1.55 bits per heavy atom. The van der Waals surface area contributed by atoms with E-state index in [0.717, 1.165) is 33.8 Å². The topological polar surface area (TPSA) is 60.3 Å². The van der Waals surface area contributed by atoms with Crippen LogP contribution in [0, 0.1) is 0 Å². The number of nitrogens with zero attached hydrogens (tertiary/aromatic N) is 1. The predicted molar refractivity (Wildman–Crippen MR) is 121 cm³/mol. The van der Waals surface area contributed by atoms with Gasteiger partial charge in [0.05, 0.1) is 19.8 Å². The average Bonchev–Trinajstić information content (AvgIpc) is 3.18. The summed E-state index contributed by atoms with van der Waals surface area (Å²) in [6.07, 6.45) is 0. The van der Waals surface area contributed by atoms with Crippen molar-refractivity contribution in [1.82, 2.24) is 0 Å². The van der Waals surface area contributed by atoms with Gasteiger partial charge in [-0.1, -0.05) is 36.4 Å². The molecule has 160 valence electrons. The maximum atomic E-state index is 12.0. The lowest BCUT2D eigenvalue weighted by atomic mass is 9.80. The van der Waals surface area contributed by atoms with Crippen molar-refractivity contribution < 1.29 is 19.3 Å². The molecule has 4 rings (SSSR count). The van der Waals surface area contributed by atoms with Gasteiger partial charge in [-0.2, -0.15) is 0 Å². The monoisotopic (exact) mass is 417 g/mol. The van der Waals surface area contributed by atoms with Crippen LogP contribution in [0.4, 0.5) is 0 Å². The number of methoxy groups -OCH3 is 2. The smallest absolute Gasteiger partial charge is 0.216 e. The highest BCUT2D eigenvalue weighted by molar-refractivity contribution is 5.95. The Balaban J connectivity index is 1.78. The Bertz CT molecular complexity index is 1020. The van der Waals surface area contributed by atoms with Gasteiger partial charge >= 0.3 is 0 Å². The SMILES string of the molecule is COc1ccc(C(O)(c2ccc(OC)cc2)c2ccc(C3=NC(C)(C)CO3)cc2)cc1. The summed E-state index contributed by atoms with van der Waals surface area (Å²) in [6.45, 7) is 4.65. The fourth-order valence-electron chi connectivity index (χ4n) is 3.75. The minimum absolute atomic E-state index is 0.221. The maximum absolute atomic E-state index is 12.0. The molecule has 0 unspecified atom stereocenters. The van der Waals surface area contributed by atoms with E-state index in [9.17, 15) is 5.11 Å². The zero-order chi connectivity index (χ0) is 22.1. The molecule has 0 radical (unpaired) electrons. The van der Waals surface area contributed by atoms with E-state index in [-0.39, 0.29) is 5.54 Å². The molecule has 5 heteroatoms. The van der Waals surface area contributed by atoms with Crippen LogP contribution in [0.5, 0.6) is 11.5 Å². The number of rotatable bonds is 6. The summed E-state index contributed by atoms with van der Waals surface area (Å²) in [5.41, 5.74) is 1.53. The van der Waals surface area contributed by atoms with E-state index < -0.39 is 5.60 Å². The first-order valence-electron chi connectivity index (χ1n) is 10.2. The van der Waals surface area contributed by atoms with E-state index >= 15 is 0 Å². The van der Waals surface area contributed by atoms with Gasteiger partial charge in [0.25, 0.3) is 0 Å². The van der Waals surface area contributed by atoms with E-state index in [2.05, 4.69) is 4.99 Å². The van der Waals surface area contributed by atoms with Crippen molar-refractivity contribution in [3.8, 4) is 11.5 Å². The fourth-order valence-corrected chi connectivity index (χ4v) is 3.75. The number of ether oxygens (including phenoxy) is 3. The summed E-state index contributed by atoms with van der Waals surface area (Å²) < 4.78 is 16.3. The molecule has 1 aliphatic heterocycles. The lowest BCUT2D eigenvalue weighted by Crippen LogP contribution is -2.29. The quantitative estimate of drug-likeness (QED) is 0.598. The van der Waals surface area contributed by atoms with Crippen LogP contribution in [0.3, 0.4) is 0 Å². The molecule has 0 fully saturated rings. The summed E-state index contributed by atoms with van der Waals surface area (Å²) in [4.78, 5) is 4.64. The van der Waals surface area contributed by atoms with Gasteiger partial charge in [-0.15, -0.1) is 0 Å². The van der Waals surface area contributed by atoms with Crippen LogP contribution in [0.1, 0.15) is 36.1 Å². The summed E-state index contributed by atoms with van der Waals surface area (Å²) in [5, 5.41) is 12.0. The highest BCUT2D eigenvalue weighted by Gasteiger charge is 2.34. The Hall–Kier alpha value is -3.31. The molecule has 0 atom stereocenters. The Kier molecular flexibility index (Phi) is 5.46. The van der Waals surface area contributed by atoms with Crippen LogP contribution in [-0.4, -0.2) is 37.4 Å². The molecule has 1 aliphatic rings. The molecule has 0 aromatic heterocycles. The van der Waals surface area contributed by atoms with Crippen LogP contribution < -0.4 is 9.47 Å². The lowest BCUT2D eigenvalue weighted by molar-refractivity contribution is 0.125. The van der Waals surface area contributed by atoms with Gasteiger partial charge in [-0.05, 0) is 66.9 Å². The molecule has 0 saturated heterocycles. The predicted octanol–water partition coefficient (Wildman–Crippen LogP) is 4.54. The summed E-state index contributed by atoms with van der Waals surface area (Å²) in [6, 6.07) is 22.6. The molecular formula is C26H27NO4. The molecule has 0 spiro atoms. The summed E-state index contributed by atoms with van der Waals surface area (Å²) >= 11 is 0. The molecule has 3 aromatic carbocycles. The Morgan fingerprint density at radius 2 is 1.19 bits per heavy atom. The lowest BCUT2D eigenvalue weighted by Gasteiger charge is -2.30. The molecule has 0 bridgehead atoms. The normalized spacial score (nSPS) is 15.2. The highest BCUT2D eigenvalue weighted by atomic mass is 16.5. The zero-order valence-corrected chi connectivity index (χ0v) is 18.3. The van der Waals surface area contributed by atoms with Gasteiger partial charge < -0.3 is 19.3 Å². The Labute approximate surface area is 182 Å². The fraction of sp³-hybridized carbons (Fsp3) is 0.269. The van der Waals surface area contributed by atoms with Gasteiger partial charge in [0.15, 0.2) is 0 Å². The van der Waals surface area contributed by atoms with Crippen molar-refractivity contribution in [2.45, 2.75) is 25.0 Å². The first-order chi connectivity index (χ1) is 14.9. The minimum Gasteiger partial charge on any atom is -0.497 e. The molecule has 5 nitrogen and oxygen atoms in total. The van der Waals surface area contributed by atoms with Gasteiger partial charge in [-0.3, -0.25) is 0 Å². The summed E-state index contributed by atoms with van der Waals surface area (Å²) in [5.74, 6) is 2.10. The van der Waals surface area contributed by atoms with Crippen molar-refractivity contribution in [3.63, 3.8) is 0 Å². The zero-order valence-electron chi connectivity index (χ0n) is 18.3. The number of aliphatic imine (C=N–C) groups is 1. The number of hydrogen-bond donors (Lipinski definition) is 1. The van der Waals surface area contributed by atoms with E-state index in [1.807, 2.05) is 86.6 Å². The maximum Gasteiger partial charge on any atom is 0.216 e. The van der Waals surface area contributed by atoms with Crippen LogP contribution in [0.15, 0.2) is 77.8 Å². The van der Waals surface area contributed by atoms with Crippen LogP contribution in [0.2, 0.25) is 0 Å². The molecule has 3 aromatic rings. The van der Waals surface area contributed by atoms with Crippen LogP contribution in [-0.2, 0) is 10.3 Å². The van der Waals surface area contributed by atoms with Gasteiger partial charge in [-0.25, -0.2) is 4.99 Å². The van der Waals surface area contributed by atoms with Crippen molar-refractivity contribution in [3.05, 3.63) is 95.1 Å². The largest absolute Gasteiger partial charge is 0.497 e. The Morgan fingerprint density at radius 1 is 0.774 bits per heavy atom. The van der Waals surface area contributed by atoms with Crippen molar-refractivity contribution in [2.75, 3.05) is 20.8 Å². The second-order valence-corrected chi connectivity index (χ2v) is 8.26. The third-order valence-corrected chi connectivity index (χ3v) is 5.53. The van der Waals surface area contributed by atoms with Crippen molar-refractivity contribution in [1.29, 1.82) is 0 Å². The molecule has 1 N–H and O–H groups in total. The standard InChI is InChI=1S/C26H27NO4/c1-25(2)17-31-24(27-25)18-5-7-19(8-6-18)26(28,20-9-13-22(29-3)14-10-20)21-11-15-23(30-4)16-12-21/h5-16,28H,17H2,1-4H3.